The maximum atomic E-state index is 12.7. The van der Waals surface area contributed by atoms with Crippen LogP contribution in [-0.4, -0.2) is 34.4 Å². The van der Waals surface area contributed by atoms with Crippen LogP contribution in [0, 0.1) is 0 Å². The fourth-order valence-corrected chi connectivity index (χ4v) is 3.54. The molecule has 0 radical (unpaired) electrons. The Morgan fingerprint density at radius 3 is 2.50 bits per heavy atom. The molecule has 0 aromatic heterocycles. The predicted molar refractivity (Wildman–Crippen MR) is 88.3 cm³/mol. The maximum absolute atomic E-state index is 12.7. The van der Waals surface area contributed by atoms with E-state index in [2.05, 4.69) is 13.8 Å². The Morgan fingerprint density at radius 1 is 1.35 bits per heavy atom. The number of hydrogen-bond acceptors (Lipinski definition) is 3. The van der Waals surface area contributed by atoms with Gasteiger partial charge in [-0.15, -0.1) is 12.4 Å². The van der Waals surface area contributed by atoms with Gasteiger partial charge in [0.2, 0.25) is 5.91 Å². The quantitative estimate of drug-likeness (QED) is 0.913. The van der Waals surface area contributed by atoms with Gasteiger partial charge in [0, 0.05) is 23.6 Å². The highest BCUT2D eigenvalue weighted by atomic mass is 35.5. The summed E-state index contributed by atoms with van der Waals surface area (Å²) in [7, 11) is 0. The number of halogens is 1. The summed E-state index contributed by atoms with van der Waals surface area (Å²) in [5.74, 6) is 0.996. The Hall–Kier alpha value is -0.710. The molecule has 3 nitrogen and oxygen atoms in total. The zero-order valence-corrected chi connectivity index (χ0v) is 13.9. The highest BCUT2D eigenvalue weighted by Crippen LogP contribution is 2.31. The van der Waals surface area contributed by atoms with Crippen LogP contribution >= 0.6 is 24.2 Å². The van der Waals surface area contributed by atoms with Crippen LogP contribution in [0.15, 0.2) is 30.3 Å². The molecule has 1 heterocycles. The second-order valence-corrected chi connectivity index (χ2v) is 7.71. The molecule has 1 amide bonds. The number of nitrogens with zero attached hydrogens (tertiary/aromatic N) is 1. The van der Waals surface area contributed by atoms with E-state index in [1.165, 1.54) is 0 Å². The summed E-state index contributed by atoms with van der Waals surface area (Å²) in [5.41, 5.74) is 6.23. The monoisotopic (exact) mass is 314 g/mol. The van der Waals surface area contributed by atoms with Gasteiger partial charge in [-0.3, -0.25) is 4.79 Å². The maximum Gasteiger partial charge on any atom is 0.247 e. The Balaban J connectivity index is 0.00000200. The van der Waals surface area contributed by atoms with Gasteiger partial charge in [0.15, 0.2) is 0 Å². The Kier molecular flexibility index (Phi) is 5.53. The molecule has 1 atom stereocenters. The van der Waals surface area contributed by atoms with Crippen LogP contribution in [0.1, 0.15) is 26.3 Å². The molecule has 1 aromatic rings. The van der Waals surface area contributed by atoms with Crippen LogP contribution in [0.3, 0.4) is 0 Å². The van der Waals surface area contributed by atoms with Crippen molar-refractivity contribution in [3.63, 3.8) is 0 Å². The molecule has 0 saturated carbocycles. The molecule has 1 saturated heterocycles. The summed E-state index contributed by atoms with van der Waals surface area (Å²) in [6.07, 6.45) is 0. The fourth-order valence-electron chi connectivity index (χ4n) is 2.43. The van der Waals surface area contributed by atoms with Gasteiger partial charge in [0.1, 0.15) is 5.54 Å². The molecule has 1 fully saturated rings. The van der Waals surface area contributed by atoms with Gasteiger partial charge in [-0.2, -0.15) is 11.8 Å². The molecule has 0 spiro atoms. The third-order valence-electron chi connectivity index (χ3n) is 3.53. The number of thioether (sulfide) groups is 1. The van der Waals surface area contributed by atoms with Gasteiger partial charge >= 0.3 is 0 Å². The predicted octanol–water partition coefficient (Wildman–Crippen LogP) is 2.64. The van der Waals surface area contributed by atoms with Crippen molar-refractivity contribution in [1.82, 2.24) is 4.90 Å². The number of nitrogens with two attached hydrogens (primary N) is 1. The van der Waals surface area contributed by atoms with Crippen molar-refractivity contribution in [3.05, 3.63) is 35.9 Å². The zero-order valence-electron chi connectivity index (χ0n) is 12.3. The highest BCUT2D eigenvalue weighted by Gasteiger charge is 2.38. The molecular weight excluding hydrogens is 292 g/mol. The minimum absolute atomic E-state index is 0. The lowest BCUT2D eigenvalue weighted by Crippen LogP contribution is -2.56. The van der Waals surface area contributed by atoms with E-state index in [1.807, 2.05) is 47.0 Å². The number of carbonyl (C=O) groups is 1. The van der Waals surface area contributed by atoms with E-state index >= 15 is 0 Å². The molecule has 20 heavy (non-hydrogen) atoms. The minimum atomic E-state index is -0.945. The SMILES string of the molecule is CC1(C)CN(C(=O)C(C)(N)c2ccccc2)CCS1.Cl. The largest absolute Gasteiger partial charge is 0.339 e. The van der Waals surface area contributed by atoms with Gasteiger partial charge in [-0.25, -0.2) is 0 Å². The van der Waals surface area contributed by atoms with Gasteiger partial charge in [-0.05, 0) is 26.3 Å². The number of hydrogen-bond donors (Lipinski definition) is 1. The lowest BCUT2D eigenvalue weighted by molar-refractivity contribution is -0.137. The summed E-state index contributed by atoms with van der Waals surface area (Å²) >= 11 is 1.91. The first-order valence-electron chi connectivity index (χ1n) is 6.61. The Bertz CT molecular complexity index is 462. The van der Waals surface area contributed by atoms with Crippen molar-refractivity contribution in [2.75, 3.05) is 18.8 Å². The molecule has 5 heteroatoms. The second kappa shape index (κ2) is 6.37. The first-order valence-corrected chi connectivity index (χ1v) is 7.59. The Labute approximate surface area is 131 Å². The van der Waals surface area contributed by atoms with Crippen LogP contribution in [0.2, 0.25) is 0 Å². The van der Waals surface area contributed by atoms with Gasteiger partial charge < -0.3 is 10.6 Å². The molecule has 112 valence electrons. The summed E-state index contributed by atoms with van der Waals surface area (Å²) in [6.45, 7) is 7.70. The van der Waals surface area contributed by atoms with Crippen LogP contribution < -0.4 is 5.73 Å². The highest BCUT2D eigenvalue weighted by molar-refractivity contribution is 8.00. The topological polar surface area (TPSA) is 46.3 Å². The molecular formula is C15H23ClN2OS. The minimum Gasteiger partial charge on any atom is -0.339 e. The molecule has 1 aliphatic heterocycles. The lowest BCUT2D eigenvalue weighted by atomic mass is 9.91. The van der Waals surface area contributed by atoms with Crippen LogP contribution in [0.5, 0.6) is 0 Å². The summed E-state index contributed by atoms with van der Waals surface area (Å²) in [4.78, 5) is 14.6. The molecule has 1 unspecified atom stereocenters. The zero-order chi connectivity index (χ0) is 14.1. The molecule has 2 N–H and O–H groups in total. The van der Waals surface area contributed by atoms with Crippen molar-refractivity contribution in [2.24, 2.45) is 5.73 Å². The average molecular weight is 315 g/mol. The molecule has 2 rings (SSSR count). The van der Waals surface area contributed by atoms with Crippen LogP contribution in [0.25, 0.3) is 0 Å². The summed E-state index contributed by atoms with van der Waals surface area (Å²) < 4.78 is 0.112. The van der Waals surface area contributed by atoms with E-state index in [-0.39, 0.29) is 23.1 Å². The van der Waals surface area contributed by atoms with E-state index < -0.39 is 5.54 Å². The smallest absolute Gasteiger partial charge is 0.247 e. The van der Waals surface area contributed by atoms with Crippen molar-refractivity contribution in [1.29, 1.82) is 0 Å². The molecule has 1 aliphatic rings. The van der Waals surface area contributed by atoms with Crippen molar-refractivity contribution in [3.8, 4) is 0 Å². The van der Waals surface area contributed by atoms with Crippen LogP contribution in [-0.2, 0) is 10.3 Å². The van der Waals surface area contributed by atoms with Crippen molar-refractivity contribution in [2.45, 2.75) is 31.1 Å². The van der Waals surface area contributed by atoms with Crippen LogP contribution in [0.4, 0.5) is 0 Å². The van der Waals surface area contributed by atoms with Gasteiger partial charge in [0.25, 0.3) is 0 Å². The van der Waals surface area contributed by atoms with Crippen molar-refractivity contribution >= 4 is 30.1 Å². The summed E-state index contributed by atoms with van der Waals surface area (Å²) in [5, 5.41) is 0. The number of carbonyl (C=O) groups excluding carboxylic acids is 1. The van der Waals surface area contributed by atoms with E-state index in [0.717, 1.165) is 24.4 Å². The fraction of sp³-hybridized carbons (Fsp3) is 0.533. The molecule has 1 aromatic carbocycles. The molecule has 0 bridgehead atoms. The van der Waals surface area contributed by atoms with Gasteiger partial charge in [-0.1, -0.05) is 30.3 Å². The van der Waals surface area contributed by atoms with Crippen molar-refractivity contribution < 1.29 is 4.79 Å². The van der Waals surface area contributed by atoms with Gasteiger partial charge in [0.05, 0.1) is 0 Å². The molecule has 0 aliphatic carbocycles. The number of amides is 1. The average Bonchev–Trinajstić information content (AvgIpc) is 2.37. The van der Waals surface area contributed by atoms with E-state index in [4.69, 9.17) is 5.73 Å². The first kappa shape index (κ1) is 17.3. The van der Waals surface area contributed by atoms with E-state index in [1.54, 1.807) is 6.92 Å². The number of benzene rings is 1. The number of rotatable bonds is 2. The normalized spacial score (nSPS) is 20.7. The second-order valence-electron chi connectivity index (χ2n) is 5.90. The first-order chi connectivity index (χ1) is 8.83. The third-order valence-corrected chi connectivity index (χ3v) is 4.83. The standard InChI is InChI=1S/C15H22N2OS.ClH/c1-14(2)11-17(9-10-19-14)13(18)15(3,16)12-7-5-4-6-8-12;/h4-8H,9-11,16H2,1-3H3;1H. The lowest BCUT2D eigenvalue weighted by Gasteiger charge is -2.41. The van der Waals surface area contributed by atoms with E-state index in [0.29, 0.717) is 0 Å². The van der Waals surface area contributed by atoms with E-state index in [9.17, 15) is 4.79 Å². The third kappa shape index (κ3) is 3.68. The summed E-state index contributed by atoms with van der Waals surface area (Å²) in [6, 6.07) is 9.61. The Morgan fingerprint density at radius 2 is 1.95 bits per heavy atom.